The van der Waals surface area contributed by atoms with Gasteiger partial charge in [-0.05, 0) is 30.9 Å². The Hall–Kier alpha value is -1.29. The van der Waals surface area contributed by atoms with Crippen LogP contribution in [0, 0.1) is 0 Å². The van der Waals surface area contributed by atoms with Crippen LogP contribution in [0.5, 0.6) is 0 Å². The first-order chi connectivity index (χ1) is 8.29. The van der Waals surface area contributed by atoms with Gasteiger partial charge in [-0.15, -0.1) is 0 Å². The fraction of sp³-hybridized carbons (Fsp3) is 0.615. The van der Waals surface area contributed by atoms with E-state index in [1.165, 1.54) is 0 Å². The summed E-state index contributed by atoms with van der Waals surface area (Å²) in [5.74, 6) is 0.0359. The minimum atomic E-state index is 0.0359. The normalized spacial score (nSPS) is 21.4. The van der Waals surface area contributed by atoms with E-state index in [0.717, 1.165) is 31.4 Å². The zero-order valence-corrected chi connectivity index (χ0v) is 10.1. The molecule has 2 unspecified atom stereocenters. The summed E-state index contributed by atoms with van der Waals surface area (Å²) in [6, 6.07) is 1.95. The van der Waals surface area contributed by atoms with Crippen LogP contribution in [0.25, 0.3) is 0 Å². The van der Waals surface area contributed by atoms with E-state index in [1.807, 2.05) is 6.07 Å². The van der Waals surface area contributed by atoms with Gasteiger partial charge in [0.25, 0.3) is 0 Å². The standard InChI is InChI=1S/C13H19NO3/c1-2-11(12-4-3-6-17-12)14-13(15)8-10-5-7-16-9-10/h5,7,9,11-12H,2-4,6,8H2,1H3,(H,14,15). The molecule has 1 aromatic rings. The Morgan fingerprint density at radius 2 is 2.53 bits per heavy atom. The Labute approximate surface area is 101 Å². The van der Waals surface area contributed by atoms with Gasteiger partial charge in [-0.1, -0.05) is 6.92 Å². The fourth-order valence-electron chi connectivity index (χ4n) is 2.21. The number of hydrogen-bond acceptors (Lipinski definition) is 3. The van der Waals surface area contributed by atoms with Crippen molar-refractivity contribution < 1.29 is 13.9 Å². The predicted molar refractivity (Wildman–Crippen MR) is 63.6 cm³/mol. The Bertz CT molecular complexity index is 342. The van der Waals surface area contributed by atoms with Crippen LogP contribution >= 0.6 is 0 Å². The summed E-state index contributed by atoms with van der Waals surface area (Å²) in [4.78, 5) is 11.8. The second-order valence-electron chi connectivity index (χ2n) is 4.44. The summed E-state index contributed by atoms with van der Waals surface area (Å²) in [5, 5.41) is 3.04. The van der Waals surface area contributed by atoms with Crippen molar-refractivity contribution in [3.63, 3.8) is 0 Å². The second kappa shape index (κ2) is 5.87. The van der Waals surface area contributed by atoms with E-state index in [2.05, 4.69) is 12.2 Å². The molecule has 17 heavy (non-hydrogen) atoms. The summed E-state index contributed by atoms with van der Waals surface area (Å²) in [6.45, 7) is 2.89. The third-order valence-corrected chi connectivity index (χ3v) is 3.14. The molecule has 1 N–H and O–H groups in total. The van der Waals surface area contributed by atoms with Gasteiger partial charge in [0, 0.05) is 6.61 Å². The number of furan rings is 1. The lowest BCUT2D eigenvalue weighted by Crippen LogP contribution is -2.43. The molecule has 1 aromatic heterocycles. The Balaban J connectivity index is 1.83. The molecule has 1 amide bonds. The van der Waals surface area contributed by atoms with Gasteiger partial charge in [-0.2, -0.15) is 0 Å². The summed E-state index contributed by atoms with van der Waals surface area (Å²) < 4.78 is 10.6. The minimum Gasteiger partial charge on any atom is -0.472 e. The number of hydrogen-bond donors (Lipinski definition) is 1. The topological polar surface area (TPSA) is 51.5 Å². The molecule has 0 bridgehead atoms. The molecule has 0 spiro atoms. The first-order valence-electron chi connectivity index (χ1n) is 6.21. The number of rotatable bonds is 5. The van der Waals surface area contributed by atoms with Gasteiger partial charge in [0.15, 0.2) is 0 Å². The molecule has 0 aromatic carbocycles. The zero-order valence-electron chi connectivity index (χ0n) is 10.1. The van der Waals surface area contributed by atoms with Crippen LogP contribution in [0.1, 0.15) is 31.7 Å². The largest absolute Gasteiger partial charge is 0.472 e. The van der Waals surface area contributed by atoms with Crippen LogP contribution in [0.2, 0.25) is 0 Å². The quantitative estimate of drug-likeness (QED) is 0.851. The van der Waals surface area contributed by atoms with Crippen LogP contribution in [0.4, 0.5) is 0 Å². The predicted octanol–water partition coefficient (Wildman–Crippen LogP) is 1.90. The van der Waals surface area contributed by atoms with Crippen LogP contribution in [0.15, 0.2) is 23.0 Å². The molecule has 2 rings (SSSR count). The van der Waals surface area contributed by atoms with Gasteiger partial charge in [-0.3, -0.25) is 4.79 Å². The lowest BCUT2D eigenvalue weighted by molar-refractivity contribution is -0.122. The van der Waals surface area contributed by atoms with Crippen molar-refractivity contribution in [3.8, 4) is 0 Å². The number of ether oxygens (including phenoxy) is 1. The summed E-state index contributed by atoms with van der Waals surface area (Å²) in [6.07, 6.45) is 6.80. The molecule has 94 valence electrons. The van der Waals surface area contributed by atoms with E-state index in [9.17, 15) is 4.79 Å². The first-order valence-corrected chi connectivity index (χ1v) is 6.21. The van der Waals surface area contributed by atoms with Gasteiger partial charge in [-0.25, -0.2) is 0 Å². The van der Waals surface area contributed by atoms with Crippen LogP contribution in [-0.2, 0) is 16.0 Å². The van der Waals surface area contributed by atoms with Crippen LogP contribution < -0.4 is 5.32 Å². The molecular weight excluding hydrogens is 218 g/mol. The van der Waals surface area contributed by atoms with E-state index >= 15 is 0 Å². The highest BCUT2D eigenvalue weighted by molar-refractivity contribution is 5.78. The monoisotopic (exact) mass is 237 g/mol. The molecule has 1 saturated heterocycles. The highest BCUT2D eigenvalue weighted by Gasteiger charge is 2.25. The van der Waals surface area contributed by atoms with E-state index < -0.39 is 0 Å². The lowest BCUT2D eigenvalue weighted by atomic mass is 10.1. The van der Waals surface area contributed by atoms with E-state index in [-0.39, 0.29) is 18.1 Å². The Kier molecular flexibility index (Phi) is 4.20. The maximum atomic E-state index is 11.8. The van der Waals surface area contributed by atoms with Crippen molar-refractivity contribution in [1.82, 2.24) is 5.32 Å². The maximum Gasteiger partial charge on any atom is 0.224 e. The summed E-state index contributed by atoms with van der Waals surface area (Å²) in [5.41, 5.74) is 0.907. The number of amides is 1. The first kappa shape index (κ1) is 12.2. The molecule has 0 aliphatic carbocycles. The van der Waals surface area contributed by atoms with Crippen LogP contribution in [0.3, 0.4) is 0 Å². The third-order valence-electron chi connectivity index (χ3n) is 3.14. The van der Waals surface area contributed by atoms with Gasteiger partial charge >= 0.3 is 0 Å². The van der Waals surface area contributed by atoms with Gasteiger partial charge < -0.3 is 14.5 Å². The molecule has 1 aliphatic heterocycles. The average molecular weight is 237 g/mol. The van der Waals surface area contributed by atoms with Crippen molar-refractivity contribution in [2.24, 2.45) is 0 Å². The fourth-order valence-corrected chi connectivity index (χ4v) is 2.21. The SMILES string of the molecule is CCC(NC(=O)Cc1ccoc1)C1CCCO1. The maximum absolute atomic E-state index is 11.8. The Morgan fingerprint density at radius 3 is 3.12 bits per heavy atom. The zero-order chi connectivity index (χ0) is 12.1. The molecule has 1 fully saturated rings. The number of carbonyl (C=O) groups is 1. The smallest absolute Gasteiger partial charge is 0.224 e. The van der Waals surface area contributed by atoms with E-state index in [0.29, 0.717) is 6.42 Å². The molecule has 0 radical (unpaired) electrons. The molecule has 4 heteroatoms. The van der Waals surface area contributed by atoms with Crippen molar-refractivity contribution in [1.29, 1.82) is 0 Å². The second-order valence-corrected chi connectivity index (χ2v) is 4.44. The van der Waals surface area contributed by atoms with Gasteiger partial charge in [0.05, 0.1) is 31.1 Å². The van der Waals surface area contributed by atoms with E-state index in [4.69, 9.17) is 9.15 Å². The van der Waals surface area contributed by atoms with Crippen LogP contribution in [-0.4, -0.2) is 24.7 Å². The molecular formula is C13H19NO3. The van der Waals surface area contributed by atoms with Gasteiger partial charge in [0.1, 0.15) is 0 Å². The summed E-state index contributed by atoms with van der Waals surface area (Å²) in [7, 11) is 0. The summed E-state index contributed by atoms with van der Waals surface area (Å²) >= 11 is 0. The molecule has 2 heterocycles. The highest BCUT2D eigenvalue weighted by Crippen LogP contribution is 2.17. The van der Waals surface area contributed by atoms with E-state index in [1.54, 1.807) is 12.5 Å². The van der Waals surface area contributed by atoms with Crippen molar-refractivity contribution in [2.45, 2.75) is 44.8 Å². The Morgan fingerprint density at radius 1 is 1.65 bits per heavy atom. The van der Waals surface area contributed by atoms with Crippen molar-refractivity contribution in [3.05, 3.63) is 24.2 Å². The third kappa shape index (κ3) is 3.33. The highest BCUT2D eigenvalue weighted by atomic mass is 16.5. The number of carbonyl (C=O) groups excluding carboxylic acids is 1. The molecule has 2 atom stereocenters. The number of nitrogens with one attached hydrogen (secondary N) is 1. The molecule has 1 aliphatic rings. The van der Waals surface area contributed by atoms with Gasteiger partial charge in [0.2, 0.25) is 5.91 Å². The molecule has 4 nitrogen and oxygen atoms in total. The average Bonchev–Trinajstić information content (AvgIpc) is 2.97. The van der Waals surface area contributed by atoms with Crippen molar-refractivity contribution in [2.75, 3.05) is 6.61 Å². The molecule has 0 saturated carbocycles. The lowest BCUT2D eigenvalue weighted by Gasteiger charge is -2.22. The minimum absolute atomic E-state index is 0.0359. The van der Waals surface area contributed by atoms with Crippen molar-refractivity contribution >= 4 is 5.91 Å².